The van der Waals surface area contributed by atoms with Crippen LogP contribution in [0.25, 0.3) is 0 Å². The highest BCUT2D eigenvalue weighted by Crippen LogP contribution is 2.21. The van der Waals surface area contributed by atoms with E-state index in [4.69, 9.17) is 0 Å². The van der Waals surface area contributed by atoms with Crippen LogP contribution in [-0.2, 0) is 0 Å². The van der Waals surface area contributed by atoms with Crippen LogP contribution in [-0.4, -0.2) is 31.6 Å². The standard InChI is InChI=1S/C15H16F3N3OS/c1-21(2)12(9-5-6-23-8-9)7-19-15(22)20-11-4-3-10(16)13(17)14(11)18/h3-6,8,12H,7H2,1-2H3,(H2,19,20,22)/t12-/m0/s1. The molecule has 2 aromatic rings. The fraction of sp³-hybridized carbons (Fsp3) is 0.267. The van der Waals surface area contributed by atoms with E-state index in [0.29, 0.717) is 0 Å². The van der Waals surface area contributed by atoms with Gasteiger partial charge in [-0.15, -0.1) is 0 Å². The van der Waals surface area contributed by atoms with E-state index in [9.17, 15) is 18.0 Å². The highest BCUT2D eigenvalue weighted by molar-refractivity contribution is 7.07. The lowest BCUT2D eigenvalue weighted by Gasteiger charge is -2.24. The van der Waals surface area contributed by atoms with Crippen LogP contribution >= 0.6 is 11.3 Å². The van der Waals surface area contributed by atoms with Crippen molar-refractivity contribution in [2.24, 2.45) is 0 Å². The molecule has 0 bridgehead atoms. The molecule has 23 heavy (non-hydrogen) atoms. The Kier molecular flexibility index (Phi) is 5.62. The van der Waals surface area contributed by atoms with Crippen LogP contribution in [0.15, 0.2) is 29.0 Å². The average Bonchev–Trinajstić information content (AvgIpc) is 3.02. The number of carbonyl (C=O) groups is 1. The molecular weight excluding hydrogens is 327 g/mol. The molecule has 4 nitrogen and oxygen atoms in total. The highest BCUT2D eigenvalue weighted by atomic mass is 32.1. The molecule has 0 unspecified atom stereocenters. The number of thiophene rings is 1. The summed E-state index contributed by atoms with van der Waals surface area (Å²) in [5.41, 5.74) is 0.623. The van der Waals surface area contributed by atoms with Gasteiger partial charge in [0.1, 0.15) is 0 Å². The molecule has 0 radical (unpaired) electrons. The van der Waals surface area contributed by atoms with Gasteiger partial charge in [0.25, 0.3) is 0 Å². The molecule has 2 amide bonds. The zero-order valence-electron chi connectivity index (χ0n) is 12.6. The average molecular weight is 343 g/mol. The molecule has 0 spiro atoms. The van der Waals surface area contributed by atoms with E-state index in [-0.39, 0.29) is 12.6 Å². The van der Waals surface area contributed by atoms with Gasteiger partial charge in [0.15, 0.2) is 17.5 Å². The Balaban J connectivity index is 1.98. The minimum atomic E-state index is -1.62. The van der Waals surface area contributed by atoms with E-state index in [1.54, 1.807) is 11.3 Å². The van der Waals surface area contributed by atoms with Crippen molar-refractivity contribution in [3.05, 3.63) is 52.0 Å². The third-order valence-electron chi connectivity index (χ3n) is 3.29. The highest BCUT2D eigenvalue weighted by Gasteiger charge is 2.18. The number of urea groups is 1. The summed E-state index contributed by atoms with van der Waals surface area (Å²) in [7, 11) is 3.74. The first-order valence-electron chi connectivity index (χ1n) is 6.77. The Labute approximate surface area is 135 Å². The number of rotatable bonds is 5. The molecule has 0 aliphatic heterocycles. The smallest absolute Gasteiger partial charge is 0.319 e. The number of nitrogens with one attached hydrogen (secondary N) is 2. The van der Waals surface area contributed by atoms with Gasteiger partial charge < -0.3 is 15.5 Å². The second-order valence-electron chi connectivity index (χ2n) is 5.09. The van der Waals surface area contributed by atoms with E-state index in [1.807, 2.05) is 35.8 Å². The zero-order chi connectivity index (χ0) is 17.0. The van der Waals surface area contributed by atoms with Crippen LogP contribution in [0.5, 0.6) is 0 Å². The molecule has 1 heterocycles. The van der Waals surface area contributed by atoms with Crippen LogP contribution < -0.4 is 10.6 Å². The molecule has 8 heteroatoms. The first-order valence-corrected chi connectivity index (χ1v) is 7.71. The Morgan fingerprint density at radius 1 is 1.22 bits per heavy atom. The second kappa shape index (κ2) is 7.47. The van der Waals surface area contributed by atoms with Gasteiger partial charge in [-0.05, 0) is 48.6 Å². The summed E-state index contributed by atoms with van der Waals surface area (Å²) in [4.78, 5) is 13.8. The zero-order valence-corrected chi connectivity index (χ0v) is 13.4. The molecule has 1 aromatic carbocycles. The third-order valence-corrected chi connectivity index (χ3v) is 3.99. The largest absolute Gasteiger partial charge is 0.336 e. The van der Waals surface area contributed by atoms with Crippen LogP contribution in [0.1, 0.15) is 11.6 Å². The first-order chi connectivity index (χ1) is 10.9. The molecule has 1 atom stereocenters. The van der Waals surface area contributed by atoms with Gasteiger partial charge in [-0.3, -0.25) is 0 Å². The Bertz CT molecular complexity index is 677. The molecule has 124 valence electrons. The van der Waals surface area contributed by atoms with Gasteiger partial charge in [-0.1, -0.05) is 0 Å². The van der Waals surface area contributed by atoms with Gasteiger partial charge in [0.05, 0.1) is 11.7 Å². The fourth-order valence-corrected chi connectivity index (χ4v) is 2.75. The fourth-order valence-electron chi connectivity index (χ4n) is 2.04. The van der Waals surface area contributed by atoms with E-state index in [2.05, 4.69) is 10.6 Å². The van der Waals surface area contributed by atoms with Crippen LogP contribution in [0.4, 0.5) is 23.7 Å². The normalized spacial score (nSPS) is 12.3. The van der Waals surface area contributed by atoms with Crippen molar-refractivity contribution < 1.29 is 18.0 Å². The maximum absolute atomic E-state index is 13.5. The summed E-state index contributed by atoms with van der Waals surface area (Å²) in [6.07, 6.45) is 0. The Morgan fingerprint density at radius 3 is 2.57 bits per heavy atom. The summed E-state index contributed by atoms with van der Waals surface area (Å²) in [6, 6.07) is 2.92. The minimum Gasteiger partial charge on any atom is -0.336 e. The van der Waals surface area contributed by atoms with Gasteiger partial charge in [0, 0.05) is 6.54 Å². The minimum absolute atomic E-state index is 0.0539. The lowest BCUT2D eigenvalue weighted by atomic mass is 10.1. The maximum atomic E-state index is 13.5. The monoisotopic (exact) mass is 343 g/mol. The number of hydrogen-bond donors (Lipinski definition) is 2. The third kappa shape index (κ3) is 4.23. The quantitative estimate of drug-likeness (QED) is 0.815. The van der Waals surface area contributed by atoms with E-state index < -0.39 is 29.2 Å². The molecule has 0 saturated heterocycles. The molecule has 0 aliphatic carbocycles. The SMILES string of the molecule is CN(C)[C@@H](CNC(=O)Nc1ccc(F)c(F)c1F)c1ccsc1. The molecule has 2 rings (SSSR count). The van der Waals surface area contributed by atoms with Crippen molar-refractivity contribution in [3.8, 4) is 0 Å². The van der Waals surface area contributed by atoms with Crippen molar-refractivity contribution in [1.82, 2.24) is 10.2 Å². The number of anilines is 1. The molecular formula is C15H16F3N3OS. The topological polar surface area (TPSA) is 44.4 Å². The number of carbonyl (C=O) groups excluding carboxylic acids is 1. The Morgan fingerprint density at radius 2 is 1.96 bits per heavy atom. The number of amides is 2. The molecule has 0 aliphatic rings. The summed E-state index contributed by atoms with van der Waals surface area (Å²) < 4.78 is 39.5. The number of halogens is 3. The molecule has 1 aromatic heterocycles. The van der Waals surface area contributed by atoms with Gasteiger partial charge in [-0.2, -0.15) is 11.3 Å². The molecule has 2 N–H and O–H groups in total. The second-order valence-corrected chi connectivity index (χ2v) is 5.87. The van der Waals surface area contributed by atoms with Gasteiger partial charge >= 0.3 is 6.03 Å². The van der Waals surface area contributed by atoms with Crippen LogP contribution in [0.2, 0.25) is 0 Å². The lowest BCUT2D eigenvalue weighted by Crippen LogP contribution is -2.37. The van der Waals surface area contributed by atoms with E-state index in [1.165, 1.54) is 0 Å². The van der Waals surface area contributed by atoms with Crippen LogP contribution in [0.3, 0.4) is 0 Å². The summed E-state index contributed by atoms with van der Waals surface area (Å²) in [6.45, 7) is 0.279. The van der Waals surface area contributed by atoms with Gasteiger partial charge in [0.2, 0.25) is 0 Å². The van der Waals surface area contributed by atoms with Crippen molar-refractivity contribution in [2.45, 2.75) is 6.04 Å². The van der Waals surface area contributed by atoms with Crippen molar-refractivity contribution in [1.29, 1.82) is 0 Å². The summed E-state index contributed by atoms with van der Waals surface area (Å²) >= 11 is 1.55. The summed E-state index contributed by atoms with van der Waals surface area (Å²) in [5.74, 6) is -4.35. The number of likely N-dealkylation sites (N-methyl/N-ethyl adjacent to an activating group) is 1. The van der Waals surface area contributed by atoms with Crippen LogP contribution in [0, 0.1) is 17.5 Å². The number of nitrogens with zero attached hydrogens (tertiary/aromatic N) is 1. The number of hydrogen-bond acceptors (Lipinski definition) is 3. The Hall–Kier alpha value is -2.06. The maximum Gasteiger partial charge on any atom is 0.319 e. The van der Waals surface area contributed by atoms with Crippen molar-refractivity contribution in [2.75, 3.05) is 26.0 Å². The van der Waals surface area contributed by atoms with E-state index in [0.717, 1.165) is 17.7 Å². The predicted molar refractivity (Wildman–Crippen MR) is 84.1 cm³/mol. The summed E-state index contributed by atoms with van der Waals surface area (Å²) in [5, 5.41) is 8.67. The van der Waals surface area contributed by atoms with Crippen molar-refractivity contribution >= 4 is 23.1 Å². The molecule has 0 saturated carbocycles. The van der Waals surface area contributed by atoms with Gasteiger partial charge in [-0.25, -0.2) is 18.0 Å². The number of benzene rings is 1. The van der Waals surface area contributed by atoms with E-state index >= 15 is 0 Å². The predicted octanol–water partition coefficient (Wildman–Crippen LogP) is 3.59. The molecule has 0 fully saturated rings. The lowest BCUT2D eigenvalue weighted by molar-refractivity contribution is 0.243. The van der Waals surface area contributed by atoms with Crippen molar-refractivity contribution in [3.63, 3.8) is 0 Å². The first kappa shape index (κ1) is 17.3.